The molecule has 0 amide bonds. The van der Waals surface area contributed by atoms with Crippen molar-refractivity contribution in [2.24, 2.45) is 0 Å². The molecule has 3 nitrogen and oxygen atoms in total. The molecule has 0 aliphatic carbocycles. The highest BCUT2D eigenvalue weighted by molar-refractivity contribution is 6.99. The van der Waals surface area contributed by atoms with E-state index in [1.807, 2.05) is 0 Å². The zero-order valence-electron chi connectivity index (χ0n) is 28.3. The predicted molar refractivity (Wildman–Crippen MR) is 218 cm³/mol. The molecule has 1 aromatic heterocycles. The van der Waals surface area contributed by atoms with Crippen LogP contribution in [0.4, 0.5) is 17.1 Å². The van der Waals surface area contributed by atoms with Gasteiger partial charge in [0.15, 0.2) is 0 Å². The maximum atomic E-state index is 6.98. The third kappa shape index (κ3) is 4.21. The molecule has 0 saturated carbocycles. The topological polar surface area (TPSA) is 17.4 Å². The Balaban J connectivity index is 1.29. The van der Waals surface area contributed by atoms with E-state index in [0.29, 0.717) is 0 Å². The van der Waals surface area contributed by atoms with E-state index in [2.05, 4.69) is 198 Å². The first kappa shape index (κ1) is 29.0. The Morgan fingerprint density at radius 1 is 0.423 bits per heavy atom. The summed E-state index contributed by atoms with van der Waals surface area (Å²) in [6.45, 7) is 0.0127. The lowest BCUT2D eigenvalue weighted by Gasteiger charge is -2.41. The molecule has 0 atom stereocenters. The highest BCUT2D eigenvalue weighted by Gasteiger charge is 2.43. The normalized spacial score (nSPS) is 12.7. The lowest BCUT2D eigenvalue weighted by molar-refractivity contribution is 0.487. The zero-order chi connectivity index (χ0) is 34.2. The SMILES string of the molecule is c1ccc(-c2cccc(-c3ccccc3)c2N2c3ccccc3B3c4ccccc4Oc4cc(-n5c6ccccc6c6ccccc65)cc2c43)cc1. The highest BCUT2D eigenvalue weighted by Crippen LogP contribution is 2.49. The highest BCUT2D eigenvalue weighted by atomic mass is 16.5. The van der Waals surface area contributed by atoms with Gasteiger partial charge in [-0.25, -0.2) is 0 Å². The van der Waals surface area contributed by atoms with Crippen LogP contribution < -0.4 is 26.0 Å². The van der Waals surface area contributed by atoms with E-state index < -0.39 is 0 Å². The number of hydrogen-bond acceptors (Lipinski definition) is 2. The van der Waals surface area contributed by atoms with Crippen LogP contribution >= 0.6 is 0 Å². The van der Waals surface area contributed by atoms with E-state index in [0.717, 1.165) is 28.6 Å². The van der Waals surface area contributed by atoms with E-state index in [1.165, 1.54) is 66.1 Å². The molecule has 0 bridgehead atoms. The fourth-order valence-electron chi connectivity index (χ4n) is 8.69. The summed E-state index contributed by atoms with van der Waals surface area (Å²) in [5, 5.41) is 2.47. The van der Waals surface area contributed by atoms with Crippen molar-refractivity contribution in [3.8, 4) is 39.4 Å². The summed E-state index contributed by atoms with van der Waals surface area (Å²) in [6.07, 6.45) is 0. The van der Waals surface area contributed by atoms with Gasteiger partial charge in [-0.3, -0.25) is 0 Å². The Labute approximate surface area is 302 Å². The van der Waals surface area contributed by atoms with Crippen molar-refractivity contribution in [1.82, 2.24) is 4.57 Å². The summed E-state index contributed by atoms with van der Waals surface area (Å²) < 4.78 is 9.38. The minimum absolute atomic E-state index is 0.0127. The second-order valence-corrected chi connectivity index (χ2v) is 13.6. The third-order valence-electron chi connectivity index (χ3n) is 10.8. The van der Waals surface area contributed by atoms with Crippen LogP contribution in [0.5, 0.6) is 11.5 Å². The van der Waals surface area contributed by atoms with Gasteiger partial charge in [-0.2, -0.15) is 0 Å². The van der Waals surface area contributed by atoms with E-state index in [4.69, 9.17) is 4.74 Å². The number of anilines is 3. The molecule has 2 aliphatic rings. The Hall–Kier alpha value is -6.78. The minimum atomic E-state index is 0.0127. The Morgan fingerprint density at radius 3 is 1.65 bits per heavy atom. The molecule has 9 aromatic rings. The molecule has 0 fully saturated rings. The first-order valence-electron chi connectivity index (χ1n) is 17.9. The van der Waals surface area contributed by atoms with Gasteiger partial charge in [-0.15, -0.1) is 0 Å². The van der Waals surface area contributed by atoms with Gasteiger partial charge >= 0.3 is 0 Å². The number of hydrogen-bond donors (Lipinski definition) is 0. The van der Waals surface area contributed by atoms with Crippen LogP contribution in [0.15, 0.2) is 188 Å². The van der Waals surface area contributed by atoms with Crippen LogP contribution in [0.3, 0.4) is 0 Å². The number of nitrogens with zero attached hydrogens (tertiary/aromatic N) is 2. The molecule has 2 aliphatic heterocycles. The smallest absolute Gasteiger partial charge is 0.256 e. The van der Waals surface area contributed by atoms with Gasteiger partial charge in [0.1, 0.15) is 11.5 Å². The summed E-state index contributed by atoms with van der Waals surface area (Å²) in [5.41, 5.74) is 15.1. The fraction of sp³-hybridized carbons (Fsp3) is 0. The number of fused-ring (bicyclic) bond motifs is 7. The number of aromatic nitrogens is 1. The maximum Gasteiger partial charge on any atom is 0.256 e. The summed E-state index contributed by atoms with van der Waals surface area (Å²) in [4.78, 5) is 2.52. The second kappa shape index (κ2) is 11.4. The van der Waals surface area contributed by atoms with Gasteiger partial charge in [0.05, 0.1) is 22.4 Å². The molecular formula is C48H31BN2O. The molecule has 0 spiro atoms. The number of benzene rings is 8. The molecule has 0 radical (unpaired) electrons. The summed E-state index contributed by atoms with van der Waals surface area (Å²) in [6, 6.07) is 67.9. The van der Waals surface area contributed by atoms with Gasteiger partial charge < -0.3 is 14.2 Å². The predicted octanol–water partition coefficient (Wildman–Crippen LogP) is 10.5. The number of rotatable bonds is 4. The van der Waals surface area contributed by atoms with Gasteiger partial charge in [0.2, 0.25) is 0 Å². The molecule has 11 rings (SSSR count). The molecule has 0 unspecified atom stereocenters. The largest absolute Gasteiger partial charge is 0.458 e. The molecule has 4 heteroatoms. The number of ether oxygens (including phenoxy) is 1. The van der Waals surface area contributed by atoms with Crippen LogP contribution in [0.25, 0.3) is 49.7 Å². The average Bonchev–Trinajstić information content (AvgIpc) is 3.55. The van der Waals surface area contributed by atoms with Gasteiger partial charge in [0, 0.05) is 39.3 Å². The first-order chi connectivity index (χ1) is 25.8. The summed E-state index contributed by atoms with van der Waals surface area (Å²) in [7, 11) is 0. The Morgan fingerprint density at radius 2 is 0.981 bits per heavy atom. The molecule has 0 N–H and O–H groups in total. The number of para-hydroxylation sites is 5. The van der Waals surface area contributed by atoms with Crippen molar-refractivity contribution in [2.75, 3.05) is 4.90 Å². The van der Waals surface area contributed by atoms with E-state index in [-0.39, 0.29) is 6.71 Å². The molecular weight excluding hydrogens is 631 g/mol. The molecule has 3 heterocycles. The van der Waals surface area contributed by atoms with Crippen molar-refractivity contribution < 1.29 is 4.74 Å². The molecule has 8 aromatic carbocycles. The standard InChI is InChI=1S/C48H31BN2O/c1-3-16-32(17-4-1)35-22-15-23-36(33-18-5-2-6-19-33)48(35)51-43-28-13-9-24-39(43)49-40-25-10-14-29-45(40)52-46-31-34(30-44(51)47(46)49)50-41-26-11-7-20-37(41)38-21-8-12-27-42(38)50/h1-31H. The van der Waals surface area contributed by atoms with Crippen molar-refractivity contribution in [3.05, 3.63) is 188 Å². The van der Waals surface area contributed by atoms with Crippen molar-refractivity contribution in [2.45, 2.75) is 0 Å². The maximum absolute atomic E-state index is 6.98. The van der Waals surface area contributed by atoms with Gasteiger partial charge in [0.25, 0.3) is 6.71 Å². The quantitative estimate of drug-likeness (QED) is 0.175. The molecule has 0 saturated heterocycles. The lowest BCUT2D eigenvalue weighted by atomic mass is 9.34. The summed E-state index contributed by atoms with van der Waals surface area (Å²) in [5.74, 6) is 1.79. The first-order valence-corrected chi connectivity index (χ1v) is 17.9. The van der Waals surface area contributed by atoms with E-state index >= 15 is 0 Å². The second-order valence-electron chi connectivity index (χ2n) is 13.6. The van der Waals surface area contributed by atoms with Crippen molar-refractivity contribution in [1.29, 1.82) is 0 Å². The Kier molecular flexibility index (Phi) is 6.35. The fourth-order valence-corrected chi connectivity index (χ4v) is 8.69. The van der Waals surface area contributed by atoms with Gasteiger partial charge in [-0.05, 0) is 57.8 Å². The van der Waals surface area contributed by atoms with Crippen molar-refractivity contribution >= 4 is 62.0 Å². The van der Waals surface area contributed by atoms with Crippen molar-refractivity contribution in [3.63, 3.8) is 0 Å². The average molecular weight is 663 g/mol. The van der Waals surface area contributed by atoms with Gasteiger partial charge in [-0.1, -0.05) is 152 Å². The van der Waals surface area contributed by atoms with Crippen LogP contribution in [-0.4, -0.2) is 11.3 Å². The van der Waals surface area contributed by atoms with Crippen LogP contribution in [0, 0.1) is 0 Å². The Bertz CT molecular complexity index is 2730. The zero-order valence-corrected chi connectivity index (χ0v) is 28.3. The monoisotopic (exact) mass is 662 g/mol. The third-order valence-corrected chi connectivity index (χ3v) is 10.8. The molecule has 242 valence electrons. The molecule has 52 heavy (non-hydrogen) atoms. The minimum Gasteiger partial charge on any atom is -0.458 e. The summed E-state index contributed by atoms with van der Waals surface area (Å²) >= 11 is 0. The van der Waals surface area contributed by atoms with E-state index in [1.54, 1.807) is 0 Å². The lowest BCUT2D eigenvalue weighted by Crippen LogP contribution is -2.59. The van der Waals surface area contributed by atoms with E-state index in [9.17, 15) is 0 Å². The van der Waals surface area contributed by atoms with Crippen LogP contribution in [0.2, 0.25) is 0 Å². The van der Waals surface area contributed by atoms with Crippen LogP contribution in [-0.2, 0) is 0 Å². The van der Waals surface area contributed by atoms with Crippen LogP contribution in [0.1, 0.15) is 0 Å².